The lowest BCUT2D eigenvalue weighted by atomic mass is 9.44. The van der Waals surface area contributed by atoms with Gasteiger partial charge in [0.1, 0.15) is 16.9 Å². The first-order chi connectivity index (χ1) is 15.4. The zero-order chi connectivity index (χ0) is 24.1. The summed E-state index contributed by atoms with van der Waals surface area (Å²) >= 11 is 3.65. The van der Waals surface area contributed by atoms with Gasteiger partial charge in [-0.3, -0.25) is 19.7 Å². The normalized spacial score (nSPS) is 38.4. The lowest BCUT2D eigenvalue weighted by Crippen LogP contribution is -2.71. The molecule has 5 rings (SSSR count). The molecule has 2 aliphatic carbocycles. The van der Waals surface area contributed by atoms with Gasteiger partial charge in [-0.1, -0.05) is 43.6 Å². The average molecular weight is 521 g/mol. The number of ether oxygens (including phenoxy) is 2. The van der Waals surface area contributed by atoms with Gasteiger partial charge in [-0.25, -0.2) is 0 Å². The summed E-state index contributed by atoms with van der Waals surface area (Å²) in [5.41, 5.74) is -0.676. The SMILES string of the molecule is COC1NC(=O)c2c([N+](=O)[O-])cc3c(c21)O[C@@]12CC(Br)C(=O)C(C)(C)[C@@H]1CC[C@H](C)[C@@]2(C)C3. The summed E-state index contributed by atoms with van der Waals surface area (Å²) in [5, 5.41) is 14.6. The number of rotatable bonds is 2. The number of halogens is 1. The Morgan fingerprint density at radius 1 is 1.27 bits per heavy atom. The number of hydrogen-bond acceptors (Lipinski definition) is 6. The second kappa shape index (κ2) is 7.01. The number of nitro groups is 1. The predicted octanol–water partition coefficient (Wildman–Crippen LogP) is 4.47. The number of carbonyl (C=O) groups excluding carboxylic acids is 2. The second-order valence-electron chi connectivity index (χ2n) is 10.9. The van der Waals surface area contributed by atoms with Crippen molar-refractivity contribution in [2.75, 3.05) is 7.11 Å². The molecule has 1 aromatic rings. The monoisotopic (exact) mass is 520 g/mol. The van der Waals surface area contributed by atoms with Gasteiger partial charge < -0.3 is 14.8 Å². The molecule has 9 heteroatoms. The Kier molecular flexibility index (Phi) is 4.84. The van der Waals surface area contributed by atoms with Gasteiger partial charge in [0.2, 0.25) is 0 Å². The minimum absolute atomic E-state index is 0.00699. The molecule has 178 valence electrons. The fraction of sp³-hybridized carbons (Fsp3) is 0.667. The highest BCUT2D eigenvalue weighted by Gasteiger charge is 2.69. The Morgan fingerprint density at radius 2 is 1.97 bits per heavy atom. The minimum Gasteiger partial charge on any atom is -0.486 e. The van der Waals surface area contributed by atoms with Crippen LogP contribution in [0.5, 0.6) is 5.75 Å². The molecule has 0 radical (unpaired) electrons. The summed E-state index contributed by atoms with van der Waals surface area (Å²) < 4.78 is 12.5. The fourth-order valence-electron chi connectivity index (χ4n) is 7.22. The Balaban J connectivity index is 1.79. The highest BCUT2D eigenvalue weighted by Crippen LogP contribution is 2.66. The number of alkyl halides is 1. The maximum absolute atomic E-state index is 13.2. The van der Waals surface area contributed by atoms with Crippen molar-refractivity contribution in [3.63, 3.8) is 0 Å². The van der Waals surface area contributed by atoms with Gasteiger partial charge in [0.25, 0.3) is 11.6 Å². The second-order valence-corrected chi connectivity index (χ2v) is 12.0. The van der Waals surface area contributed by atoms with Crippen LogP contribution in [0.2, 0.25) is 0 Å². The molecule has 2 fully saturated rings. The first-order valence-electron chi connectivity index (χ1n) is 11.4. The molecule has 33 heavy (non-hydrogen) atoms. The first kappa shape index (κ1) is 22.8. The van der Waals surface area contributed by atoms with E-state index in [9.17, 15) is 19.7 Å². The minimum atomic E-state index is -0.820. The van der Waals surface area contributed by atoms with Crippen LogP contribution >= 0.6 is 15.9 Å². The molecule has 0 aromatic heterocycles. The molecular weight excluding hydrogens is 492 g/mol. The van der Waals surface area contributed by atoms with Gasteiger partial charge >= 0.3 is 0 Å². The molecule has 1 aromatic carbocycles. The van der Waals surface area contributed by atoms with Gasteiger partial charge in [0, 0.05) is 41.9 Å². The summed E-state index contributed by atoms with van der Waals surface area (Å²) in [6, 6.07) is 1.50. The number of Topliss-reactive ketones (excluding diaryl/α,β-unsaturated/α-hetero) is 1. The van der Waals surface area contributed by atoms with Crippen molar-refractivity contribution in [1.29, 1.82) is 0 Å². The van der Waals surface area contributed by atoms with Crippen LogP contribution in [0.1, 0.15) is 74.7 Å². The van der Waals surface area contributed by atoms with Crippen molar-refractivity contribution in [3.8, 4) is 5.75 Å². The van der Waals surface area contributed by atoms with E-state index in [2.05, 4.69) is 35.1 Å². The van der Waals surface area contributed by atoms with Crippen LogP contribution in [0, 0.1) is 32.8 Å². The maximum Gasteiger partial charge on any atom is 0.283 e. The zero-order valence-corrected chi connectivity index (χ0v) is 21.1. The van der Waals surface area contributed by atoms with Gasteiger partial charge in [-0.2, -0.15) is 0 Å². The Labute approximate surface area is 201 Å². The van der Waals surface area contributed by atoms with Gasteiger partial charge in [0.05, 0.1) is 15.3 Å². The number of hydrogen-bond donors (Lipinski definition) is 1. The topological polar surface area (TPSA) is 108 Å². The number of nitrogens with one attached hydrogen (secondary N) is 1. The third-order valence-corrected chi connectivity index (χ3v) is 9.92. The van der Waals surface area contributed by atoms with Crippen molar-refractivity contribution in [1.82, 2.24) is 5.32 Å². The Morgan fingerprint density at radius 3 is 2.61 bits per heavy atom. The summed E-state index contributed by atoms with van der Waals surface area (Å²) in [4.78, 5) is 37.0. The van der Waals surface area contributed by atoms with Gasteiger partial charge in [-0.15, -0.1) is 0 Å². The van der Waals surface area contributed by atoms with E-state index in [-0.39, 0.29) is 39.1 Å². The molecule has 2 aliphatic heterocycles. The molecule has 2 saturated carbocycles. The number of fused-ring (bicyclic) bond motifs is 3. The molecule has 1 N–H and O–H groups in total. The van der Waals surface area contributed by atoms with Gasteiger partial charge in [-0.05, 0) is 25.2 Å². The third-order valence-electron chi connectivity index (χ3n) is 9.18. The predicted molar refractivity (Wildman–Crippen MR) is 123 cm³/mol. The van der Waals surface area contributed by atoms with E-state index in [1.807, 2.05) is 13.8 Å². The van der Waals surface area contributed by atoms with Crippen LogP contribution in [0.4, 0.5) is 5.69 Å². The van der Waals surface area contributed by atoms with E-state index in [0.29, 0.717) is 24.2 Å². The molecule has 4 aliphatic rings. The fourth-order valence-corrected chi connectivity index (χ4v) is 8.29. The van der Waals surface area contributed by atoms with Crippen LogP contribution in [0.25, 0.3) is 0 Å². The Bertz CT molecular complexity index is 1100. The van der Waals surface area contributed by atoms with E-state index in [0.717, 1.165) is 18.4 Å². The van der Waals surface area contributed by atoms with E-state index < -0.39 is 28.1 Å². The zero-order valence-electron chi connectivity index (χ0n) is 19.5. The molecule has 2 heterocycles. The van der Waals surface area contributed by atoms with E-state index in [1.165, 1.54) is 13.2 Å². The summed E-state index contributed by atoms with van der Waals surface area (Å²) in [6.45, 7) is 8.43. The van der Waals surface area contributed by atoms with E-state index in [1.54, 1.807) is 0 Å². The van der Waals surface area contributed by atoms with Crippen molar-refractivity contribution >= 4 is 33.3 Å². The van der Waals surface area contributed by atoms with E-state index >= 15 is 0 Å². The van der Waals surface area contributed by atoms with Crippen molar-refractivity contribution < 1.29 is 24.0 Å². The highest BCUT2D eigenvalue weighted by molar-refractivity contribution is 9.10. The van der Waals surface area contributed by atoms with Crippen molar-refractivity contribution in [2.45, 2.75) is 70.0 Å². The van der Waals surface area contributed by atoms with Gasteiger partial charge in [0.15, 0.2) is 12.0 Å². The van der Waals surface area contributed by atoms with Crippen molar-refractivity contribution in [2.24, 2.45) is 22.7 Å². The number of carbonyl (C=O) groups is 2. The number of ketones is 1. The number of nitro benzene ring substituents is 1. The van der Waals surface area contributed by atoms with Crippen LogP contribution in [0.3, 0.4) is 0 Å². The lowest BCUT2D eigenvalue weighted by molar-refractivity contribution is -0.385. The standard InChI is InChI=1S/C24H29BrN2O6/c1-11-6-7-15-22(2,3)19(28)13(25)10-24(15)23(11,4)9-12-8-14(27(30)31)16-17(18(12)33-24)21(32-5)26-20(16)29/h8,11,13,15,21H,6-7,9-10H2,1-5H3,(H,26,29)/t11-,13?,15-,21?,23+,24-/m0/s1. The highest BCUT2D eigenvalue weighted by atomic mass is 79.9. The molecule has 0 bridgehead atoms. The van der Waals surface area contributed by atoms with Crippen LogP contribution < -0.4 is 10.1 Å². The summed E-state index contributed by atoms with van der Waals surface area (Å²) in [5.74, 6) is 0.424. The number of amides is 1. The maximum atomic E-state index is 13.2. The van der Waals surface area contributed by atoms with Crippen LogP contribution in [0.15, 0.2) is 6.07 Å². The van der Waals surface area contributed by atoms with E-state index in [4.69, 9.17) is 9.47 Å². The average Bonchev–Trinajstić information content (AvgIpc) is 3.08. The quantitative estimate of drug-likeness (QED) is 0.350. The van der Waals surface area contributed by atoms with Crippen LogP contribution in [-0.4, -0.2) is 34.2 Å². The molecule has 8 nitrogen and oxygen atoms in total. The molecular formula is C24H29BrN2O6. The first-order valence-corrected chi connectivity index (χ1v) is 12.4. The largest absolute Gasteiger partial charge is 0.486 e. The molecule has 1 spiro atoms. The molecule has 2 unspecified atom stereocenters. The number of benzene rings is 1. The summed E-state index contributed by atoms with van der Waals surface area (Å²) in [7, 11) is 1.46. The third kappa shape index (κ3) is 2.72. The molecule has 6 atom stereocenters. The van der Waals surface area contributed by atoms with Crippen molar-refractivity contribution in [3.05, 3.63) is 32.9 Å². The Hall–Kier alpha value is -2.00. The lowest BCUT2D eigenvalue weighted by Gasteiger charge is -2.66. The summed E-state index contributed by atoms with van der Waals surface area (Å²) in [6.07, 6.45) is 2.09. The van der Waals surface area contributed by atoms with Crippen LogP contribution in [-0.2, 0) is 16.0 Å². The molecule has 1 amide bonds. The smallest absolute Gasteiger partial charge is 0.283 e. The molecule has 0 saturated heterocycles. The number of methoxy groups -OCH3 is 1. The number of nitrogens with zero attached hydrogens (tertiary/aromatic N) is 1.